The number of nitrogens with one attached hydrogen (secondary N) is 1. The lowest BCUT2D eigenvalue weighted by Crippen LogP contribution is -2.16. The van der Waals surface area contributed by atoms with E-state index in [2.05, 4.69) is 45.1 Å². The molecule has 1 amide bonds. The first kappa shape index (κ1) is 23.3. The summed E-state index contributed by atoms with van der Waals surface area (Å²) in [5.41, 5.74) is 2.96. The van der Waals surface area contributed by atoms with Crippen LogP contribution in [0.4, 0.5) is 5.00 Å². The van der Waals surface area contributed by atoms with Crippen molar-refractivity contribution in [1.82, 2.24) is 0 Å². The smallest absolute Gasteiger partial charge is 0.341 e. The third-order valence-corrected chi connectivity index (χ3v) is 6.86. The second-order valence-corrected chi connectivity index (χ2v) is 10.4. The molecule has 1 N–H and O–H groups in total. The lowest BCUT2D eigenvalue weighted by molar-refractivity contribution is -0.116. The predicted octanol–water partition coefficient (Wildman–Crippen LogP) is 5.75. The number of esters is 1. The van der Waals surface area contributed by atoms with Gasteiger partial charge in [-0.25, -0.2) is 4.79 Å². The number of thiophene rings is 1. The van der Waals surface area contributed by atoms with Gasteiger partial charge in [-0.1, -0.05) is 39.8 Å². The zero-order chi connectivity index (χ0) is 22.6. The number of amides is 1. The van der Waals surface area contributed by atoms with Crippen LogP contribution < -0.4 is 10.1 Å². The zero-order valence-electron chi connectivity index (χ0n) is 19.2. The monoisotopic (exact) mass is 443 g/mol. The molecular weight excluding hydrogens is 410 g/mol. The highest BCUT2D eigenvalue weighted by atomic mass is 32.1. The van der Waals surface area contributed by atoms with Gasteiger partial charge in [0.1, 0.15) is 10.8 Å². The summed E-state index contributed by atoms with van der Waals surface area (Å²) in [4.78, 5) is 26.0. The molecule has 168 valence electrons. The van der Waals surface area contributed by atoms with Gasteiger partial charge in [-0.15, -0.1) is 11.3 Å². The first-order valence-corrected chi connectivity index (χ1v) is 11.8. The Kier molecular flexibility index (Phi) is 7.42. The van der Waals surface area contributed by atoms with Gasteiger partial charge in [0, 0.05) is 11.3 Å². The van der Waals surface area contributed by atoms with E-state index in [4.69, 9.17) is 9.47 Å². The SMILES string of the molecule is COC(=O)c1c(NC(=O)CCCOc2ccc(C(C)(C)C)cc2)sc2c1CC[C@H](C)C2. The van der Waals surface area contributed by atoms with Crippen LogP contribution in [-0.4, -0.2) is 25.6 Å². The third-order valence-electron chi connectivity index (χ3n) is 5.69. The van der Waals surface area contributed by atoms with E-state index < -0.39 is 0 Å². The Hall–Kier alpha value is -2.34. The van der Waals surface area contributed by atoms with Crippen molar-refractivity contribution in [3.63, 3.8) is 0 Å². The fourth-order valence-corrected chi connectivity index (χ4v) is 5.23. The van der Waals surface area contributed by atoms with Crippen LogP contribution in [0, 0.1) is 5.92 Å². The van der Waals surface area contributed by atoms with E-state index in [0.717, 1.165) is 30.6 Å². The van der Waals surface area contributed by atoms with Gasteiger partial charge in [0.2, 0.25) is 5.91 Å². The molecular formula is C25H33NO4S. The van der Waals surface area contributed by atoms with Gasteiger partial charge in [-0.05, 0) is 60.3 Å². The first-order chi connectivity index (χ1) is 14.7. The molecule has 1 aliphatic rings. The fourth-order valence-electron chi connectivity index (χ4n) is 3.82. The number of hydrogen-bond acceptors (Lipinski definition) is 5. The number of carbonyl (C=O) groups excluding carboxylic acids is 2. The average molecular weight is 444 g/mol. The third kappa shape index (κ3) is 5.88. The van der Waals surface area contributed by atoms with Crippen molar-refractivity contribution in [2.24, 2.45) is 5.92 Å². The zero-order valence-corrected chi connectivity index (χ0v) is 20.0. The largest absolute Gasteiger partial charge is 0.494 e. The Bertz CT molecular complexity index is 924. The lowest BCUT2D eigenvalue weighted by atomic mass is 9.87. The van der Waals surface area contributed by atoms with Gasteiger partial charge in [0.05, 0.1) is 19.3 Å². The van der Waals surface area contributed by atoms with Crippen molar-refractivity contribution in [1.29, 1.82) is 0 Å². The Morgan fingerprint density at radius 3 is 2.55 bits per heavy atom. The average Bonchev–Trinajstić information content (AvgIpc) is 3.07. The quantitative estimate of drug-likeness (QED) is 0.437. The molecule has 0 bridgehead atoms. The van der Waals surface area contributed by atoms with Gasteiger partial charge in [0.15, 0.2) is 0 Å². The van der Waals surface area contributed by atoms with Gasteiger partial charge in [0.25, 0.3) is 0 Å². The van der Waals surface area contributed by atoms with E-state index in [1.54, 1.807) is 0 Å². The Balaban J connectivity index is 1.53. The minimum absolute atomic E-state index is 0.108. The highest BCUT2D eigenvalue weighted by molar-refractivity contribution is 7.17. The number of hydrogen-bond donors (Lipinski definition) is 1. The second kappa shape index (κ2) is 9.86. The molecule has 1 aromatic heterocycles. The van der Waals surface area contributed by atoms with Crippen molar-refractivity contribution in [2.75, 3.05) is 19.0 Å². The van der Waals surface area contributed by atoms with Gasteiger partial charge >= 0.3 is 5.97 Å². The van der Waals surface area contributed by atoms with E-state index in [1.165, 1.54) is 28.9 Å². The van der Waals surface area contributed by atoms with E-state index >= 15 is 0 Å². The molecule has 0 fully saturated rings. The van der Waals surface area contributed by atoms with Gasteiger partial charge < -0.3 is 14.8 Å². The van der Waals surface area contributed by atoms with E-state index in [1.807, 2.05) is 12.1 Å². The Morgan fingerprint density at radius 2 is 1.90 bits per heavy atom. The van der Waals surface area contributed by atoms with E-state index in [-0.39, 0.29) is 17.3 Å². The van der Waals surface area contributed by atoms with Crippen molar-refractivity contribution in [2.45, 2.75) is 65.2 Å². The molecule has 0 saturated heterocycles. The molecule has 2 aromatic rings. The first-order valence-electron chi connectivity index (χ1n) is 10.9. The summed E-state index contributed by atoms with van der Waals surface area (Å²) in [5, 5.41) is 3.56. The van der Waals surface area contributed by atoms with E-state index in [9.17, 15) is 9.59 Å². The number of ether oxygens (including phenoxy) is 2. The highest BCUT2D eigenvalue weighted by Crippen LogP contribution is 2.40. The number of carbonyl (C=O) groups is 2. The van der Waals surface area contributed by atoms with Crippen LogP contribution in [0.25, 0.3) is 0 Å². The summed E-state index contributed by atoms with van der Waals surface area (Å²) >= 11 is 1.51. The molecule has 1 aliphatic carbocycles. The molecule has 1 atom stereocenters. The standard InChI is InChI=1S/C25H33NO4S/c1-16-8-13-19-20(15-16)31-23(22(19)24(28)29-5)26-21(27)7-6-14-30-18-11-9-17(10-12-18)25(2,3)4/h9-12,16H,6-8,13-15H2,1-5H3,(H,26,27)/t16-/m0/s1. The van der Waals surface area contributed by atoms with Crippen molar-refractivity contribution in [3.05, 3.63) is 45.8 Å². The summed E-state index contributed by atoms with van der Waals surface area (Å²) < 4.78 is 10.8. The fraction of sp³-hybridized carbons (Fsp3) is 0.520. The van der Waals surface area contributed by atoms with Crippen molar-refractivity contribution < 1.29 is 19.1 Å². The lowest BCUT2D eigenvalue weighted by Gasteiger charge is -2.19. The van der Waals surface area contributed by atoms with Gasteiger partial charge in [-0.3, -0.25) is 4.79 Å². The number of rotatable bonds is 7. The van der Waals surface area contributed by atoms with Crippen LogP contribution in [0.2, 0.25) is 0 Å². The molecule has 0 spiro atoms. The number of fused-ring (bicyclic) bond motifs is 1. The topological polar surface area (TPSA) is 64.6 Å². The minimum atomic E-state index is -0.371. The molecule has 0 saturated carbocycles. The number of anilines is 1. The second-order valence-electron chi connectivity index (χ2n) is 9.32. The molecule has 0 aliphatic heterocycles. The molecule has 1 heterocycles. The van der Waals surface area contributed by atoms with Crippen LogP contribution >= 0.6 is 11.3 Å². The summed E-state index contributed by atoms with van der Waals surface area (Å²) in [6, 6.07) is 8.10. The molecule has 1 aromatic carbocycles. The summed E-state index contributed by atoms with van der Waals surface area (Å²) in [7, 11) is 1.38. The maximum Gasteiger partial charge on any atom is 0.341 e. The summed E-state index contributed by atoms with van der Waals surface area (Å²) in [6.45, 7) is 9.22. The molecule has 0 radical (unpaired) electrons. The maximum absolute atomic E-state index is 12.5. The van der Waals surface area contributed by atoms with Crippen LogP contribution in [0.1, 0.15) is 73.3 Å². The number of methoxy groups -OCH3 is 1. The minimum Gasteiger partial charge on any atom is -0.494 e. The van der Waals surface area contributed by atoms with E-state index in [0.29, 0.717) is 35.9 Å². The molecule has 3 rings (SSSR count). The van der Waals surface area contributed by atoms with Crippen LogP contribution in [0.15, 0.2) is 24.3 Å². The van der Waals surface area contributed by atoms with Crippen molar-refractivity contribution >= 4 is 28.2 Å². The Morgan fingerprint density at radius 1 is 1.19 bits per heavy atom. The normalized spacial score (nSPS) is 15.8. The van der Waals surface area contributed by atoms with Crippen LogP contribution in [-0.2, 0) is 27.8 Å². The molecule has 31 heavy (non-hydrogen) atoms. The molecule has 5 nitrogen and oxygen atoms in total. The van der Waals surface area contributed by atoms with Crippen LogP contribution in [0.5, 0.6) is 5.75 Å². The Labute approximate surface area is 189 Å². The maximum atomic E-state index is 12.5. The predicted molar refractivity (Wildman–Crippen MR) is 125 cm³/mol. The highest BCUT2D eigenvalue weighted by Gasteiger charge is 2.28. The number of benzene rings is 1. The summed E-state index contributed by atoms with van der Waals surface area (Å²) in [5.74, 6) is 0.920. The summed E-state index contributed by atoms with van der Waals surface area (Å²) in [6.07, 6.45) is 3.79. The van der Waals surface area contributed by atoms with Gasteiger partial charge in [-0.2, -0.15) is 0 Å². The molecule has 0 unspecified atom stereocenters. The van der Waals surface area contributed by atoms with Crippen LogP contribution in [0.3, 0.4) is 0 Å². The molecule has 6 heteroatoms. The van der Waals surface area contributed by atoms with Crippen molar-refractivity contribution in [3.8, 4) is 5.75 Å².